The van der Waals surface area contributed by atoms with Crippen molar-refractivity contribution in [2.24, 2.45) is 5.73 Å². The molecule has 0 rings (SSSR count). The second-order valence-corrected chi connectivity index (χ2v) is 4.67. The van der Waals surface area contributed by atoms with Crippen molar-refractivity contribution in [3.05, 3.63) is 0 Å². The molecule has 5 nitrogen and oxygen atoms in total. The van der Waals surface area contributed by atoms with Gasteiger partial charge in [0.1, 0.15) is 0 Å². The van der Waals surface area contributed by atoms with Crippen LogP contribution in [0.1, 0.15) is 26.7 Å². The van der Waals surface area contributed by atoms with Crippen LogP contribution in [-0.2, 0) is 9.53 Å². The number of likely N-dealkylation sites (N-methyl/N-ethyl adjacent to an activating group) is 1. The molecular weight excluding hydrogens is 218 g/mol. The lowest BCUT2D eigenvalue weighted by Gasteiger charge is -2.21. The van der Waals surface area contributed by atoms with Gasteiger partial charge in [0.2, 0.25) is 5.91 Å². The van der Waals surface area contributed by atoms with Crippen molar-refractivity contribution in [1.29, 1.82) is 0 Å². The van der Waals surface area contributed by atoms with E-state index in [4.69, 9.17) is 10.5 Å². The molecule has 0 aromatic carbocycles. The van der Waals surface area contributed by atoms with Crippen LogP contribution in [0, 0.1) is 0 Å². The summed E-state index contributed by atoms with van der Waals surface area (Å²) in [5, 5.41) is 2.96. The van der Waals surface area contributed by atoms with E-state index in [2.05, 4.69) is 12.2 Å². The van der Waals surface area contributed by atoms with E-state index in [0.717, 1.165) is 12.8 Å². The van der Waals surface area contributed by atoms with Crippen molar-refractivity contribution in [2.45, 2.75) is 38.8 Å². The number of methoxy groups -OCH3 is 1. The Labute approximate surface area is 105 Å². The Hall–Kier alpha value is -0.650. The van der Waals surface area contributed by atoms with Crippen LogP contribution in [-0.4, -0.2) is 56.7 Å². The van der Waals surface area contributed by atoms with Crippen LogP contribution >= 0.6 is 0 Å². The molecule has 0 radical (unpaired) electrons. The Morgan fingerprint density at radius 1 is 1.53 bits per heavy atom. The summed E-state index contributed by atoms with van der Waals surface area (Å²) in [6.07, 6.45) is 2.09. The van der Waals surface area contributed by atoms with E-state index in [9.17, 15) is 4.79 Å². The van der Waals surface area contributed by atoms with Crippen molar-refractivity contribution in [1.82, 2.24) is 10.2 Å². The molecule has 2 atom stereocenters. The van der Waals surface area contributed by atoms with Crippen molar-refractivity contribution in [2.75, 3.05) is 33.9 Å². The van der Waals surface area contributed by atoms with Crippen LogP contribution in [0.25, 0.3) is 0 Å². The van der Waals surface area contributed by atoms with Gasteiger partial charge in [0.15, 0.2) is 0 Å². The van der Waals surface area contributed by atoms with E-state index in [1.165, 1.54) is 0 Å². The maximum Gasteiger partial charge on any atom is 0.234 e. The molecule has 0 saturated carbocycles. The molecule has 1 amide bonds. The third-order valence-electron chi connectivity index (χ3n) is 2.47. The second-order valence-electron chi connectivity index (χ2n) is 4.67. The summed E-state index contributed by atoms with van der Waals surface area (Å²) in [5.74, 6) is 0.0538. The summed E-state index contributed by atoms with van der Waals surface area (Å²) in [4.78, 5) is 13.6. The average molecular weight is 245 g/mol. The Morgan fingerprint density at radius 2 is 2.18 bits per heavy atom. The summed E-state index contributed by atoms with van der Waals surface area (Å²) >= 11 is 0. The van der Waals surface area contributed by atoms with Gasteiger partial charge in [0.25, 0.3) is 0 Å². The lowest BCUT2D eigenvalue weighted by molar-refractivity contribution is -0.122. The van der Waals surface area contributed by atoms with Gasteiger partial charge in [0.05, 0.1) is 13.2 Å². The van der Waals surface area contributed by atoms with Gasteiger partial charge in [-0.15, -0.1) is 0 Å². The molecule has 0 spiro atoms. The normalized spacial score (nSPS) is 14.7. The van der Waals surface area contributed by atoms with Crippen LogP contribution in [0.2, 0.25) is 0 Å². The maximum absolute atomic E-state index is 11.7. The van der Waals surface area contributed by atoms with E-state index < -0.39 is 0 Å². The van der Waals surface area contributed by atoms with Gasteiger partial charge in [-0.2, -0.15) is 0 Å². The van der Waals surface area contributed by atoms with Gasteiger partial charge in [-0.3, -0.25) is 9.69 Å². The molecule has 0 aliphatic heterocycles. The van der Waals surface area contributed by atoms with E-state index in [-0.39, 0.29) is 18.0 Å². The van der Waals surface area contributed by atoms with Crippen molar-refractivity contribution in [3.63, 3.8) is 0 Å². The van der Waals surface area contributed by atoms with E-state index >= 15 is 0 Å². The van der Waals surface area contributed by atoms with Crippen molar-refractivity contribution < 1.29 is 9.53 Å². The zero-order valence-corrected chi connectivity index (χ0v) is 11.5. The predicted octanol–water partition coefficient (Wildman–Crippen LogP) is 0.197. The van der Waals surface area contributed by atoms with Gasteiger partial charge in [-0.1, -0.05) is 13.3 Å². The van der Waals surface area contributed by atoms with Gasteiger partial charge >= 0.3 is 0 Å². The fourth-order valence-electron chi connectivity index (χ4n) is 1.80. The topological polar surface area (TPSA) is 67.6 Å². The number of carbonyl (C=O) groups excluding carboxylic acids is 1. The number of rotatable bonds is 9. The lowest BCUT2D eigenvalue weighted by Crippen LogP contribution is -2.44. The minimum atomic E-state index is -0.0501. The van der Waals surface area contributed by atoms with Crippen LogP contribution in [0.4, 0.5) is 0 Å². The summed E-state index contributed by atoms with van der Waals surface area (Å²) in [7, 11) is 3.51. The highest BCUT2D eigenvalue weighted by atomic mass is 16.5. The van der Waals surface area contributed by atoms with Crippen LogP contribution < -0.4 is 11.1 Å². The van der Waals surface area contributed by atoms with Crippen molar-refractivity contribution in [3.8, 4) is 0 Å². The lowest BCUT2D eigenvalue weighted by atomic mass is 10.2. The molecule has 17 heavy (non-hydrogen) atoms. The monoisotopic (exact) mass is 245 g/mol. The molecule has 3 N–H and O–H groups in total. The van der Waals surface area contributed by atoms with Gasteiger partial charge in [0, 0.05) is 25.7 Å². The number of nitrogens with one attached hydrogen (secondary N) is 1. The Morgan fingerprint density at radius 3 is 2.71 bits per heavy atom. The van der Waals surface area contributed by atoms with Crippen LogP contribution in [0.15, 0.2) is 0 Å². The molecule has 102 valence electrons. The molecule has 0 fully saturated rings. The SMILES string of the molecule is CCCC(C)NC(=O)CN(C)CC(N)COC. The quantitative estimate of drug-likeness (QED) is 0.609. The number of hydrogen-bond acceptors (Lipinski definition) is 4. The van der Waals surface area contributed by atoms with E-state index in [0.29, 0.717) is 19.7 Å². The molecule has 0 heterocycles. The fourth-order valence-corrected chi connectivity index (χ4v) is 1.80. The smallest absolute Gasteiger partial charge is 0.234 e. The Balaban J connectivity index is 3.79. The largest absolute Gasteiger partial charge is 0.383 e. The molecule has 2 unspecified atom stereocenters. The zero-order chi connectivity index (χ0) is 13.3. The zero-order valence-electron chi connectivity index (χ0n) is 11.5. The van der Waals surface area contributed by atoms with Gasteiger partial charge in [-0.25, -0.2) is 0 Å². The Bertz CT molecular complexity index is 212. The number of hydrogen-bond donors (Lipinski definition) is 2. The van der Waals surface area contributed by atoms with E-state index in [1.807, 2.05) is 18.9 Å². The number of nitrogens with zero attached hydrogens (tertiary/aromatic N) is 1. The highest BCUT2D eigenvalue weighted by molar-refractivity contribution is 5.78. The van der Waals surface area contributed by atoms with Crippen LogP contribution in [0.5, 0.6) is 0 Å². The molecule has 0 bridgehead atoms. The molecule has 0 saturated heterocycles. The highest BCUT2D eigenvalue weighted by Crippen LogP contribution is 1.95. The maximum atomic E-state index is 11.7. The van der Waals surface area contributed by atoms with Crippen LogP contribution in [0.3, 0.4) is 0 Å². The minimum absolute atomic E-state index is 0.0501. The summed E-state index contributed by atoms with van der Waals surface area (Å²) in [6, 6.07) is 0.194. The molecular formula is C12H27N3O2. The first kappa shape index (κ1) is 16.4. The third-order valence-corrected chi connectivity index (χ3v) is 2.47. The van der Waals surface area contributed by atoms with Gasteiger partial charge < -0.3 is 15.8 Å². The molecule has 0 aromatic heterocycles. The Kier molecular flexibility index (Phi) is 9.03. The summed E-state index contributed by atoms with van der Waals surface area (Å²) in [5.41, 5.74) is 5.81. The van der Waals surface area contributed by atoms with Crippen molar-refractivity contribution >= 4 is 5.91 Å². The summed E-state index contributed by atoms with van der Waals surface area (Å²) < 4.78 is 4.95. The average Bonchev–Trinajstić information content (AvgIpc) is 2.16. The number of amides is 1. The van der Waals surface area contributed by atoms with Gasteiger partial charge in [-0.05, 0) is 20.4 Å². The molecule has 5 heteroatoms. The fraction of sp³-hybridized carbons (Fsp3) is 0.917. The first-order chi connectivity index (χ1) is 7.99. The second kappa shape index (κ2) is 9.39. The third kappa shape index (κ3) is 9.09. The predicted molar refractivity (Wildman–Crippen MR) is 69.9 cm³/mol. The van der Waals surface area contributed by atoms with E-state index in [1.54, 1.807) is 7.11 Å². The first-order valence-corrected chi connectivity index (χ1v) is 6.22. The molecule has 0 aliphatic rings. The first-order valence-electron chi connectivity index (χ1n) is 6.22. The summed E-state index contributed by atoms with van der Waals surface area (Å²) in [6.45, 7) is 5.68. The number of nitrogens with two attached hydrogens (primary N) is 1. The molecule has 0 aliphatic carbocycles. The number of carbonyl (C=O) groups is 1. The standard InChI is InChI=1S/C12H27N3O2/c1-5-6-10(2)14-12(16)8-15(3)7-11(13)9-17-4/h10-11H,5-9,13H2,1-4H3,(H,14,16). The minimum Gasteiger partial charge on any atom is -0.383 e. The molecule has 0 aromatic rings. The number of ether oxygens (including phenoxy) is 1. The highest BCUT2D eigenvalue weighted by Gasteiger charge is 2.12.